The zero-order chi connectivity index (χ0) is 14.0. The Morgan fingerprint density at radius 1 is 1.16 bits per heavy atom. The predicted molar refractivity (Wildman–Crippen MR) is 69.9 cm³/mol. The van der Waals surface area contributed by atoms with Gasteiger partial charge in [0.05, 0.1) is 22.9 Å². The van der Waals surface area contributed by atoms with Crippen molar-refractivity contribution in [3.05, 3.63) is 27.7 Å². The lowest BCUT2D eigenvalue weighted by Crippen LogP contribution is -2.30. The maximum absolute atomic E-state index is 12.9. The third kappa shape index (κ3) is 3.03. The average molecular weight is 333 g/mol. The lowest BCUT2D eigenvalue weighted by molar-refractivity contribution is -0.137. The monoisotopic (exact) mass is 332 g/mol. The van der Waals surface area contributed by atoms with Gasteiger partial charge in [0.15, 0.2) is 0 Å². The minimum absolute atomic E-state index is 0.347. The molecular weight excluding hydrogens is 321 g/mol. The molecule has 0 amide bonds. The van der Waals surface area contributed by atoms with E-state index in [1.807, 2.05) is 4.90 Å². The van der Waals surface area contributed by atoms with Crippen molar-refractivity contribution in [2.24, 2.45) is 0 Å². The van der Waals surface area contributed by atoms with Gasteiger partial charge in [0.25, 0.3) is 0 Å². The fourth-order valence-corrected chi connectivity index (χ4v) is 2.86. The Kier molecular flexibility index (Phi) is 4.04. The Bertz CT molecular complexity index is 514. The summed E-state index contributed by atoms with van der Waals surface area (Å²) in [6.07, 6.45) is -1.44. The molecule has 0 unspecified atom stereocenters. The Morgan fingerprint density at radius 2 is 1.79 bits per heavy atom. The molecular formula is C13H12BrF3N2. The molecule has 1 aliphatic heterocycles. The van der Waals surface area contributed by atoms with E-state index in [2.05, 4.69) is 15.9 Å². The summed E-state index contributed by atoms with van der Waals surface area (Å²) >= 11 is 3.26. The van der Waals surface area contributed by atoms with Crippen LogP contribution < -0.4 is 4.90 Å². The van der Waals surface area contributed by atoms with Crippen LogP contribution in [0.3, 0.4) is 0 Å². The number of hydrogen-bond donors (Lipinski definition) is 0. The summed E-state index contributed by atoms with van der Waals surface area (Å²) in [5, 5.41) is 8.82. The molecule has 0 bridgehead atoms. The average Bonchev–Trinajstić information content (AvgIpc) is 2.38. The Balaban J connectivity index is 2.47. The van der Waals surface area contributed by atoms with Crippen molar-refractivity contribution in [3.63, 3.8) is 0 Å². The molecule has 0 aromatic heterocycles. The summed E-state index contributed by atoms with van der Waals surface area (Å²) < 4.78 is 39.3. The quantitative estimate of drug-likeness (QED) is 0.765. The third-order valence-corrected chi connectivity index (χ3v) is 3.84. The summed E-state index contributed by atoms with van der Waals surface area (Å²) in [5.74, 6) is 0. The molecule has 0 N–H and O–H groups in total. The first kappa shape index (κ1) is 14.2. The lowest BCUT2D eigenvalue weighted by atomic mass is 10.0. The zero-order valence-corrected chi connectivity index (χ0v) is 11.7. The van der Waals surface area contributed by atoms with Crippen LogP contribution in [0.4, 0.5) is 18.9 Å². The van der Waals surface area contributed by atoms with E-state index in [9.17, 15) is 13.2 Å². The molecule has 2 nitrogen and oxygen atoms in total. The standard InChI is InChI=1S/C13H12BrF3N2/c14-11-6-9(8-18)10(13(15,16)17)7-12(11)19-4-2-1-3-5-19/h6-7H,1-5H2. The van der Waals surface area contributed by atoms with Crippen LogP contribution >= 0.6 is 15.9 Å². The maximum Gasteiger partial charge on any atom is 0.417 e. The second-order valence-electron chi connectivity index (χ2n) is 4.51. The summed E-state index contributed by atoms with van der Waals surface area (Å²) in [4.78, 5) is 1.93. The first-order valence-electron chi connectivity index (χ1n) is 5.99. The molecule has 0 atom stereocenters. The number of anilines is 1. The van der Waals surface area contributed by atoms with E-state index < -0.39 is 11.7 Å². The highest BCUT2D eigenvalue weighted by molar-refractivity contribution is 9.10. The van der Waals surface area contributed by atoms with Gasteiger partial charge < -0.3 is 4.90 Å². The highest BCUT2D eigenvalue weighted by Gasteiger charge is 2.35. The summed E-state index contributed by atoms with van der Waals surface area (Å²) in [7, 11) is 0. The van der Waals surface area contributed by atoms with Crippen molar-refractivity contribution in [3.8, 4) is 6.07 Å². The first-order chi connectivity index (χ1) is 8.93. The van der Waals surface area contributed by atoms with Gasteiger partial charge in [0.1, 0.15) is 0 Å². The summed E-state index contributed by atoms with van der Waals surface area (Å²) in [6, 6.07) is 3.94. The van der Waals surface area contributed by atoms with Gasteiger partial charge in [-0.05, 0) is 47.3 Å². The van der Waals surface area contributed by atoms with Gasteiger partial charge in [-0.2, -0.15) is 18.4 Å². The second-order valence-corrected chi connectivity index (χ2v) is 5.36. The first-order valence-corrected chi connectivity index (χ1v) is 6.78. The molecule has 2 rings (SSSR count). The van der Waals surface area contributed by atoms with Gasteiger partial charge in [-0.1, -0.05) is 0 Å². The predicted octanol–water partition coefficient (Wildman–Crippen LogP) is 4.33. The van der Waals surface area contributed by atoms with Gasteiger partial charge in [0, 0.05) is 17.6 Å². The van der Waals surface area contributed by atoms with Gasteiger partial charge in [-0.3, -0.25) is 0 Å². The maximum atomic E-state index is 12.9. The van der Waals surface area contributed by atoms with Crippen molar-refractivity contribution in [2.75, 3.05) is 18.0 Å². The number of nitriles is 1. The Labute approximate surface area is 117 Å². The van der Waals surface area contributed by atoms with Crippen molar-refractivity contribution >= 4 is 21.6 Å². The summed E-state index contributed by atoms with van der Waals surface area (Å²) in [6.45, 7) is 1.50. The van der Waals surface area contributed by atoms with Gasteiger partial charge in [-0.25, -0.2) is 0 Å². The number of piperidine rings is 1. The molecule has 1 heterocycles. The molecule has 102 valence electrons. The van der Waals surface area contributed by atoms with E-state index in [0.29, 0.717) is 10.2 Å². The third-order valence-electron chi connectivity index (χ3n) is 3.21. The van der Waals surface area contributed by atoms with Crippen LogP contribution in [0.2, 0.25) is 0 Å². The fourth-order valence-electron chi connectivity index (χ4n) is 2.27. The molecule has 1 aromatic carbocycles. The second kappa shape index (κ2) is 5.41. The number of rotatable bonds is 1. The van der Waals surface area contributed by atoms with E-state index in [4.69, 9.17) is 5.26 Å². The van der Waals surface area contributed by atoms with E-state index >= 15 is 0 Å². The normalized spacial score (nSPS) is 16.3. The van der Waals surface area contributed by atoms with Gasteiger partial charge in [-0.15, -0.1) is 0 Å². The molecule has 0 saturated carbocycles. The highest BCUT2D eigenvalue weighted by atomic mass is 79.9. The summed E-state index contributed by atoms with van der Waals surface area (Å²) in [5.41, 5.74) is -0.690. The van der Waals surface area contributed by atoms with Crippen LogP contribution in [0.5, 0.6) is 0 Å². The van der Waals surface area contributed by atoms with Crippen LogP contribution in [0.25, 0.3) is 0 Å². The minimum Gasteiger partial charge on any atom is -0.371 e. The molecule has 19 heavy (non-hydrogen) atoms. The molecule has 0 radical (unpaired) electrons. The zero-order valence-electron chi connectivity index (χ0n) is 10.1. The van der Waals surface area contributed by atoms with E-state index in [1.54, 1.807) is 6.07 Å². The highest BCUT2D eigenvalue weighted by Crippen LogP contribution is 2.38. The molecule has 1 aromatic rings. The minimum atomic E-state index is -4.50. The van der Waals surface area contributed by atoms with Crippen LogP contribution in [-0.2, 0) is 6.18 Å². The van der Waals surface area contributed by atoms with Crippen molar-refractivity contribution in [1.82, 2.24) is 0 Å². The van der Waals surface area contributed by atoms with Crippen LogP contribution in [-0.4, -0.2) is 13.1 Å². The molecule has 1 saturated heterocycles. The van der Waals surface area contributed by atoms with E-state index in [1.165, 1.54) is 6.07 Å². The molecule has 6 heteroatoms. The largest absolute Gasteiger partial charge is 0.417 e. The smallest absolute Gasteiger partial charge is 0.371 e. The van der Waals surface area contributed by atoms with E-state index in [0.717, 1.165) is 38.4 Å². The van der Waals surface area contributed by atoms with Crippen LogP contribution in [0.15, 0.2) is 16.6 Å². The molecule has 0 aliphatic carbocycles. The van der Waals surface area contributed by atoms with Crippen molar-refractivity contribution in [2.45, 2.75) is 25.4 Å². The van der Waals surface area contributed by atoms with Gasteiger partial charge in [0.2, 0.25) is 0 Å². The molecule has 0 spiro atoms. The van der Waals surface area contributed by atoms with E-state index in [-0.39, 0.29) is 5.56 Å². The Morgan fingerprint density at radius 3 is 2.32 bits per heavy atom. The van der Waals surface area contributed by atoms with Crippen molar-refractivity contribution < 1.29 is 13.2 Å². The Hall–Kier alpha value is -1.22. The van der Waals surface area contributed by atoms with Crippen LogP contribution in [0, 0.1) is 11.3 Å². The SMILES string of the molecule is N#Cc1cc(Br)c(N2CCCCC2)cc1C(F)(F)F. The van der Waals surface area contributed by atoms with Crippen LogP contribution in [0.1, 0.15) is 30.4 Å². The molecule has 1 aliphatic rings. The fraction of sp³-hybridized carbons (Fsp3) is 0.462. The number of benzene rings is 1. The molecule has 1 fully saturated rings. The van der Waals surface area contributed by atoms with Gasteiger partial charge >= 0.3 is 6.18 Å². The topological polar surface area (TPSA) is 27.0 Å². The number of hydrogen-bond acceptors (Lipinski definition) is 2. The number of alkyl halides is 3. The number of halogens is 4. The van der Waals surface area contributed by atoms with Crippen molar-refractivity contribution in [1.29, 1.82) is 5.26 Å². The lowest BCUT2D eigenvalue weighted by Gasteiger charge is -2.30. The number of nitrogens with zero attached hydrogens (tertiary/aromatic N) is 2.